The van der Waals surface area contributed by atoms with Crippen LogP contribution in [0.15, 0.2) is 18.3 Å². The lowest BCUT2D eigenvalue weighted by Gasteiger charge is -2.14. The third-order valence-electron chi connectivity index (χ3n) is 2.68. The predicted octanol–water partition coefficient (Wildman–Crippen LogP) is 2.56. The first-order chi connectivity index (χ1) is 8.13. The fourth-order valence-corrected chi connectivity index (χ4v) is 1.65. The summed E-state index contributed by atoms with van der Waals surface area (Å²) in [6, 6.07) is 3.88. The van der Waals surface area contributed by atoms with Gasteiger partial charge < -0.3 is 11.1 Å². The van der Waals surface area contributed by atoms with E-state index in [0.29, 0.717) is 11.6 Å². The number of carbonyl (C=O) groups is 1. The first-order valence-electron chi connectivity index (χ1n) is 6.16. The van der Waals surface area contributed by atoms with Gasteiger partial charge in [-0.15, -0.1) is 0 Å². The van der Waals surface area contributed by atoms with Crippen LogP contribution in [-0.2, 0) is 0 Å². The van der Waals surface area contributed by atoms with E-state index in [-0.39, 0.29) is 0 Å². The molecule has 4 heteroatoms. The lowest BCUT2D eigenvalue weighted by atomic mass is 10.1. The van der Waals surface area contributed by atoms with E-state index in [1.807, 2.05) is 0 Å². The highest BCUT2D eigenvalue weighted by atomic mass is 16.1. The standard InChI is InChI=1S/C13H21N3O/c1-3-4-5-6-10(2)16-12-8-7-11(9-15-12)13(14)17/h7-10H,3-6H2,1-2H3,(H2,14,17)(H,15,16). The van der Waals surface area contributed by atoms with Crippen LogP contribution in [0.25, 0.3) is 0 Å². The third-order valence-corrected chi connectivity index (χ3v) is 2.68. The Morgan fingerprint density at radius 3 is 2.76 bits per heavy atom. The van der Waals surface area contributed by atoms with Crippen LogP contribution < -0.4 is 11.1 Å². The average Bonchev–Trinajstić information content (AvgIpc) is 2.30. The van der Waals surface area contributed by atoms with Crippen LogP contribution in [0.4, 0.5) is 5.82 Å². The van der Waals surface area contributed by atoms with Gasteiger partial charge in [0.05, 0.1) is 5.56 Å². The molecule has 1 rings (SSSR count). The molecule has 1 atom stereocenters. The summed E-state index contributed by atoms with van der Waals surface area (Å²) in [6.45, 7) is 4.33. The van der Waals surface area contributed by atoms with Crippen LogP contribution in [0.3, 0.4) is 0 Å². The number of pyridine rings is 1. The summed E-state index contributed by atoms with van der Waals surface area (Å²) >= 11 is 0. The SMILES string of the molecule is CCCCCC(C)Nc1ccc(C(N)=O)cn1. The first kappa shape index (κ1) is 13.5. The number of anilines is 1. The monoisotopic (exact) mass is 235 g/mol. The lowest BCUT2D eigenvalue weighted by Crippen LogP contribution is -2.16. The number of primary amides is 1. The largest absolute Gasteiger partial charge is 0.368 e. The van der Waals surface area contributed by atoms with E-state index >= 15 is 0 Å². The highest BCUT2D eigenvalue weighted by molar-refractivity contribution is 5.92. The molecule has 0 radical (unpaired) electrons. The Hall–Kier alpha value is -1.58. The number of rotatable bonds is 7. The number of nitrogens with one attached hydrogen (secondary N) is 1. The van der Waals surface area contributed by atoms with E-state index in [2.05, 4.69) is 24.1 Å². The molecule has 0 fully saturated rings. The summed E-state index contributed by atoms with van der Waals surface area (Å²) in [5.74, 6) is 0.346. The van der Waals surface area contributed by atoms with Gasteiger partial charge in [-0.05, 0) is 25.5 Å². The van der Waals surface area contributed by atoms with Crippen molar-refractivity contribution in [2.75, 3.05) is 5.32 Å². The maximum absolute atomic E-state index is 10.9. The van der Waals surface area contributed by atoms with Crippen molar-refractivity contribution in [2.24, 2.45) is 5.73 Å². The highest BCUT2D eigenvalue weighted by Gasteiger charge is 2.04. The number of hydrogen-bond acceptors (Lipinski definition) is 3. The Morgan fingerprint density at radius 1 is 1.47 bits per heavy atom. The molecule has 0 saturated carbocycles. The summed E-state index contributed by atoms with van der Waals surface area (Å²) in [6.07, 6.45) is 6.36. The van der Waals surface area contributed by atoms with Crippen molar-refractivity contribution in [3.8, 4) is 0 Å². The smallest absolute Gasteiger partial charge is 0.250 e. The second kappa shape index (κ2) is 6.89. The Bertz CT molecular complexity index is 348. The molecule has 1 aromatic rings. The summed E-state index contributed by atoms with van der Waals surface area (Å²) in [7, 11) is 0. The van der Waals surface area contributed by atoms with E-state index in [1.54, 1.807) is 12.1 Å². The van der Waals surface area contributed by atoms with Crippen LogP contribution in [0, 0.1) is 0 Å². The molecule has 0 saturated heterocycles. The Balaban J connectivity index is 2.43. The lowest BCUT2D eigenvalue weighted by molar-refractivity contribution is 0.1000. The minimum absolute atomic E-state index is 0.397. The molecule has 1 unspecified atom stereocenters. The van der Waals surface area contributed by atoms with Crippen LogP contribution in [0.1, 0.15) is 49.9 Å². The summed E-state index contributed by atoms with van der Waals surface area (Å²) in [5.41, 5.74) is 5.59. The zero-order chi connectivity index (χ0) is 12.7. The van der Waals surface area contributed by atoms with Gasteiger partial charge in [-0.3, -0.25) is 4.79 Å². The van der Waals surface area contributed by atoms with Crippen molar-refractivity contribution < 1.29 is 4.79 Å². The maximum Gasteiger partial charge on any atom is 0.250 e. The van der Waals surface area contributed by atoms with E-state index in [0.717, 1.165) is 12.2 Å². The van der Waals surface area contributed by atoms with Crippen molar-refractivity contribution in [1.82, 2.24) is 4.98 Å². The highest BCUT2D eigenvalue weighted by Crippen LogP contribution is 2.10. The summed E-state index contributed by atoms with van der Waals surface area (Å²) in [5, 5.41) is 3.30. The maximum atomic E-state index is 10.9. The van der Waals surface area contributed by atoms with Gasteiger partial charge in [0, 0.05) is 12.2 Å². The van der Waals surface area contributed by atoms with Crippen molar-refractivity contribution in [3.63, 3.8) is 0 Å². The van der Waals surface area contributed by atoms with Gasteiger partial charge in [0.25, 0.3) is 0 Å². The topological polar surface area (TPSA) is 68.0 Å². The minimum Gasteiger partial charge on any atom is -0.368 e. The fraction of sp³-hybridized carbons (Fsp3) is 0.538. The molecule has 1 heterocycles. The van der Waals surface area contributed by atoms with E-state index in [1.165, 1.54) is 25.5 Å². The normalized spacial score (nSPS) is 12.1. The molecule has 3 N–H and O–H groups in total. The Labute approximate surface area is 103 Å². The number of nitrogens with zero attached hydrogens (tertiary/aromatic N) is 1. The van der Waals surface area contributed by atoms with Crippen molar-refractivity contribution in [1.29, 1.82) is 0 Å². The molecular weight excluding hydrogens is 214 g/mol. The predicted molar refractivity (Wildman–Crippen MR) is 70.0 cm³/mol. The number of nitrogens with two attached hydrogens (primary N) is 1. The first-order valence-corrected chi connectivity index (χ1v) is 6.16. The zero-order valence-electron chi connectivity index (χ0n) is 10.6. The van der Waals surface area contributed by atoms with E-state index in [4.69, 9.17) is 5.73 Å². The van der Waals surface area contributed by atoms with Gasteiger partial charge in [-0.1, -0.05) is 26.2 Å². The number of hydrogen-bond donors (Lipinski definition) is 2. The van der Waals surface area contributed by atoms with Gasteiger partial charge in [-0.25, -0.2) is 4.98 Å². The molecule has 17 heavy (non-hydrogen) atoms. The molecule has 0 aliphatic heterocycles. The van der Waals surface area contributed by atoms with Gasteiger partial charge in [0.2, 0.25) is 5.91 Å². The van der Waals surface area contributed by atoms with Crippen LogP contribution >= 0.6 is 0 Å². The zero-order valence-corrected chi connectivity index (χ0v) is 10.6. The molecule has 0 aliphatic rings. The molecule has 94 valence electrons. The fourth-order valence-electron chi connectivity index (χ4n) is 1.65. The Morgan fingerprint density at radius 2 is 2.24 bits per heavy atom. The quantitative estimate of drug-likeness (QED) is 0.714. The van der Waals surface area contributed by atoms with Crippen LogP contribution in [0.2, 0.25) is 0 Å². The minimum atomic E-state index is -0.444. The number of carbonyl (C=O) groups excluding carboxylic acids is 1. The van der Waals surface area contributed by atoms with Crippen molar-refractivity contribution >= 4 is 11.7 Å². The molecule has 1 amide bonds. The van der Waals surface area contributed by atoms with E-state index in [9.17, 15) is 4.79 Å². The number of unbranched alkanes of at least 4 members (excludes halogenated alkanes) is 2. The number of amides is 1. The third kappa shape index (κ3) is 4.85. The molecule has 0 aromatic carbocycles. The van der Waals surface area contributed by atoms with Gasteiger partial charge >= 0.3 is 0 Å². The van der Waals surface area contributed by atoms with Crippen molar-refractivity contribution in [3.05, 3.63) is 23.9 Å². The van der Waals surface area contributed by atoms with Crippen molar-refractivity contribution in [2.45, 2.75) is 45.6 Å². The second-order valence-corrected chi connectivity index (χ2v) is 4.34. The molecule has 0 spiro atoms. The van der Waals surface area contributed by atoms with Gasteiger partial charge in [0.15, 0.2) is 0 Å². The molecular formula is C13H21N3O. The van der Waals surface area contributed by atoms with E-state index < -0.39 is 5.91 Å². The molecule has 0 bridgehead atoms. The van der Waals surface area contributed by atoms with Crippen LogP contribution in [-0.4, -0.2) is 16.9 Å². The van der Waals surface area contributed by atoms with Gasteiger partial charge in [-0.2, -0.15) is 0 Å². The number of aromatic nitrogens is 1. The summed E-state index contributed by atoms with van der Waals surface area (Å²) < 4.78 is 0. The Kier molecular flexibility index (Phi) is 5.46. The van der Waals surface area contributed by atoms with Gasteiger partial charge in [0.1, 0.15) is 5.82 Å². The molecule has 0 aliphatic carbocycles. The second-order valence-electron chi connectivity index (χ2n) is 4.34. The molecule has 4 nitrogen and oxygen atoms in total. The average molecular weight is 235 g/mol. The van der Waals surface area contributed by atoms with Crippen LogP contribution in [0.5, 0.6) is 0 Å². The molecule has 1 aromatic heterocycles. The summed E-state index contributed by atoms with van der Waals surface area (Å²) in [4.78, 5) is 15.0.